The zero-order valence-corrected chi connectivity index (χ0v) is 15.3. The molecule has 0 saturated heterocycles. The molecule has 0 aliphatic heterocycles. The van der Waals surface area contributed by atoms with E-state index >= 15 is 0 Å². The van der Waals surface area contributed by atoms with Gasteiger partial charge in [0.05, 0.1) is 0 Å². The van der Waals surface area contributed by atoms with E-state index in [0.29, 0.717) is 0 Å². The average molecular weight is 395 g/mol. The van der Waals surface area contributed by atoms with Gasteiger partial charge in [-0.1, -0.05) is 61.1 Å². The number of nitrogens with zero attached hydrogens (tertiary/aromatic N) is 1. The van der Waals surface area contributed by atoms with Crippen LogP contribution in [0.15, 0.2) is 0 Å². The van der Waals surface area contributed by atoms with E-state index in [1.165, 1.54) is 51.4 Å². The molecule has 2 aliphatic carbocycles. The minimum atomic E-state index is 0. The molecule has 2 aliphatic rings. The minimum Gasteiger partial charge on any atom is -0.358 e. The van der Waals surface area contributed by atoms with Crippen LogP contribution in [0.5, 0.6) is 0 Å². The number of hydrogen-bond acceptors (Lipinski definition) is 1. The van der Waals surface area contributed by atoms with E-state index in [2.05, 4.69) is 41.6 Å². The van der Waals surface area contributed by atoms with Crippen molar-refractivity contribution < 1.29 is 17.1 Å². The molecular formula is C14H30FeIN. The summed E-state index contributed by atoms with van der Waals surface area (Å²) in [4.78, 5) is 2.35. The molecule has 2 saturated carbocycles. The van der Waals surface area contributed by atoms with Gasteiger partial charge in [-0.15, -0.1) is 0 Å². The van der Waals surface area contributed by atoms with Crippen LogP contribution in [0, 0.1) is 14.9 Å². The fourth-order valence-corrected chi connectivity index (χ4v) is 3.80. The van der Waals surface area contributed by atoms with E-state index in [1.54, 1.807) is 0 Å². The first-order chi connectivity index (χ1) is 6.72. The third kappa shape index (κ3) is 9.75. The van der Waals surface area contributed by atoms with Crippen molar-refractivity contribution in [1.82, 2.24) is 4.90 Å². The van der Waals surface area contributed by atoms with Crippen LogP contribution in [0.4, 0.5) is 0 Å². The summed E-state index contributed by atoms with van der Waals surface area (Å²) < 4.78 is 0.901. The summed E-state index contributed by atoms with van der Waals surface area (Å²) in [6, 6.07) is 0.852. The van der Waals surface area contributed by atoms with Crippen LogP contribution in [0.1, 0.15) is 51.4 Å². The first-order valence-corrected chi connectivity index (χ1v) is 7.27. The van der Waals surface area contributed by atoms with E-state index in [1.807, 2.05) is 0 Å². The summed E-state index contributed by atoms with van der Waals surface area (Å²) in [5, 5.41) is 0. The quantitative estimate of drug-likeness (QED) is 0.268. The first-order valence-electron chi connectivity index (χ1n) is 6.02. The van der Waals surface area contributed by atoms with E-state index in [-0.39, 0.29) is 31.9 Å². The minimum absolute atomic E-state index is 0. The summed E-state index contributed by atoms with van der Waals surface area (Å²) in [7, 11) is 4.36. The fourth-order valence-electron chi connectivity index (χ4n) is 2.36. The molecule has 0 bridgehead atoms. The monoisotopic (exact) mass is 395 g/mol. The zero-order chi connectivity index (χ0) is 10.4. The number of rotatable bonds is 1. The molecule has 0 heterocycles. The molecule has 1 nitrogen and oxygen atoms in total. The Bertz CT molecular complexity index is 142. The standard InChI is InChI=1S/C7H14IN.C5H10.2CH3.Fe/c1-9(2)7-5-3-4-6(7)8;1-2-4-5-3-1;;;/h6-7H,3-5H2,1-2H3;1-5H2;2*1H3;/q;;2*-1;+2. The molecule has 0 aromatic carbocycles. The van der Waals surface area contributed by atoms with Gasteiger partial charge in [-0.3, -0.25) is 0 Å². The van der Waals surface area contributed by atoms with Crippen molar-refractivity contribution in [2.45, 2.75) is 61.3 Å². The maximum absolute atomic E-state index is 2.57. The van der Waals surface area contributed by atoms with Crippen LogP contribution in [0.3, 0.4) is 0 Å². The molecule has 0 N–H and O–H groups in total. The predicted octanol–water partition coefficient (Wildman–Crippen LogP) is 4.75. The largest absolute Gasteiger partial charge is 2.00 e. The van der Waals surface area contributed by atoms with Crippen LogP contribution in [0.25, 0.3) is 0 Å². The molecule has 2 unspecified atom stereocenters. The first kappa shape index (κ1) is 23.3. The second-order valence-electron chi connectivity index (χ2n) is 4.75. The van der Waals surface area contributed by atoms with Crippen molar-refractivity contribution in [2.24, 2.45) is 0 Å². The van der Waals surface area contributed by atoms with Gasteiger partial charge in [0.15, 0.2) is 0 Å². The molecule has 0 spiro atoms. The third-order valence-electron chi connectivity index (χ3n) is 3.31. The van der Waals surface area contributed by atoms with Crippen molar-refractivity contribution in [3.05, 3.63) is 14.9 Å². The van der Waals surface area contributed by atoms with Crippen molar-refractivity contribution in [1.29, 1.82) is 0 Å². The maximum atomic E-state index is 2.57. The second-order valence-corrected chi connectivity index (χ2v) is 6.35. The predicted molar refractivity (Wildman–Crippen MR) is 85.0 cm³/mol. The van der Waals surface area contributed by atoms with Crippen LogP contribution < -0.4 is 0 Å². The number of alkyl halides is 1. The Balaban J connectivity index is -0.000000216. The van der Waals surface area contributed by atoms with Crippen molar-refractivity contribution in [3.63, 3.8) is 0 Å². The SMILES string of the molecule is C1CCCC1.CN(C)C1CCCC1I.[CH3-].[CH3-].[Fe+2]. The number of halogens is 1. The maximum Gasteiger partial charge on any atom is 2.00 e. The van der Waals surface area contributed by atoms with Crippen LogP contribution in [0.2, 0.25) is 0 Å². The van der Waals surface area contributed by atoms with Crippen molar-refractivity contribution in [3.8, 4) is 0 Å². The summed E-state index contributed by atoms with van der Waals surface area (Å²) in [6.45, 7) is 0. The van der Waals surface area contributed by atoms with E-state index in [4.69, 9.17) is 0 Å². The van der Waals surface area contributed by atoms with Crippen molar-refractivity contribution in [2.75, 3.05) is 14.1 Å². The summed E-state index contributed by atoms with van der Waals surface area (Å²) in [5.41, 5.74) is 0. The average Bonchev–Trinajstić information content (AvgIpc) is 2.74. The van der Waals surface area contributed by atoms with Gasteiger partial charge in [-0.25, -0.2) is 0 Å². The molecule has 106 valence electrons. The molecule has 0 amide bonds. The Kier molecular flexibility index (Phi) is 18.7. The van der Waals surface area contributed by atoms with Gasteiger partial charge in [-0.2, -0.15) is 0 Å². The third-order valence-corrected chi connectivity index (χ3v) is 4.76. The smallest absolute Gasteiger partial charge is 0.358 e. The van der Waals surface area contributed by atoms with Crippen molar-refractivity contribution >= 4 is 22.6 Å². The Morgan fingerprint density at radius 1 is 0.824 bits per heavy atom. The van der Waals surface area contributed by atoms with Gasteiger partial charge in [0.1, 0.15) is 0 Å². The van der Waals surface area contributed by atoms with Gasteiger partial charge in [-0.05, 0) is 26.9 Å². The van der Waals surface area contributed by atoms with E-state index in [9.17, 15) is 0 Å². The molecule has 0 aromatic heterocycles. The topological polar surface area (TPSA) is 3.24 Å². The molecule has 2 atom stereocenters. The Hall–Kier alpha value is 1.21. The molecule has 2 rings (SSSR count). The molecule has 0 radical (unpaired) electrons. The second kappa shape index (κ2) is 13.6. The summed E-state index contributed by atoms with van der Waals surface area (Å²) in [6.07, 6.45) is 11.8. The van der Waals surface area contributed by atoms with Crippen LogP contribution >= 0.6 is 22.6 Å². The van der Waals surface area contributed by atoms with Gasteiger partial charge in [0.25, 0.3) is 0 Å². The van der Waals surface area contributed by atoms with Crippen LogP contribution in [-0.2, 0) is 17.1 Å². The Labute approximate surface area is 134 Å². The van der Waals surface area contributed by atoms with Gasteiger partial charge >= 0.3 is 17.1 Å². The molecule has 17 heavy (non-hydrogen) atoms. The fraction of sp³-hybridized carbons (Fsp3) is 0.857. The summed E-state index contributed by atoms with van der Waals surface area (Å²) >= 11 is 2.57. The molecule has 3 heteroatoms. The van der Waals surface area contributed by atoms with Gasteiger partial charge < -0.3 is 19.8 Å². The molecule has 0 aromatic rings. The zero-order valence-electron chi connectivity index (χ0n) is 12.0. The van der Waals surface area contributed by atoms with E-state index in [0.717, 1.165) is 9.97 Å². The molecular weight excluding hydrogens is 365 g/mol. The Morgan fingerprint density at radius 2 is 1.24 bits per heavy atom. The van der Waals surface area contributed by atoms with Gasteiger partial charge in [0.2, 0.25) is 0 Å². The summed E-state index contributed by atoms with van der Waals surface area (Å²) in [5.74, 6) is 0. The number of hydrogen-bond donors (Lipinski definition) is 0. The Morgan fingerprint density at radius 3 is 1.41 bits per heavy atom. The van der Waals surface area contributed by atoms with Gasteiger partial charge in [0, 0.05) is 9.97 Å². The van der Waals surface area contributed by atoms with Crippen LogP contribution in [-0.4, -0.2) is 29.0 Å². The molecule has 2 fully saturated rings. The van der Waals surface area contributed by atoms with E-state index < -0.39 is 0 Å². The normalized spacial score (nSPS) is 26.1.